The van der Waals surface area contributed by atoms with Gasteiger partial charge in [0, 0.05) is 13.0 Å². The van der Waals surface area contributed by atoms with Crippen LogP contribution in [-0.4, -0.2) is 29.5 Å². The first-order valence-corrected chi connectivity index (χ1v) is 4.59. The van der Waals surface area contributed by atoms with Crippen LogP contribution in [0.2, 0.25) is 0 Å². The molecule has 0 radical (unpaired) electrons. The highest BCUT2D eigenvalue weighted by Crippen LogP contribution is 2.07. The van der Waals surface area contributed by atoms with Gasteiger partial charge in [-0.25, -0.2) is 0 Å². The number of hydrogen-bond donors (Lipinski definition) is 1. The molecule has 60 valence electrons. The quantitative estimate of drug-likeness (QED) is 0.466. The van der Waals surface area contributed by atoms with Gasteiger partial charge in [-0.15, -0.1) is 0 Å². The van der Waals surface area contributed by atoms with Gasteiger partial charge in [0.2, 0.25) is 0 Å². The molecule has 0 aliphatic heterocycles. The SMILES string of the molecule is CC(CO)CSCCC=O. The first-order valence-electron chi connectivity index (χ1n) is 3.43. The number of carbonyl (C=O) groups excluding carboxylic acids is 1. The average Bonchev–Trinajstić information content (AvgIpc) is 1.98. The highest BCUT2D eigenvalue weighted by molar-refractivity contribution is 7.99. The highest BCUT2D eigenvalue weighted by Gasteiger charge is 1.98. The van der Waals surface area contributed by atoms with E-state index in [4.69, 9.17) is 5.11 Å². The third-order valence-electron chi connectivity index (χ3n) is 1.09. The number of hydrogen-bond acceptors (Lipinski definition) is 3. The van der Waals surface area contributed by atoms with Crippen LogP contribution in [0.15, 0.2) is 0 Å². The van der Waals surface area contributed by atoms with Crippen LogP contribution in [0.3, 0.4) is 0 Å². The van der Waals surface area contributed by atoms with E-state index in [0.717, 1.165) is 17.8 Å². The Bertz CT molecular complexity index is 85.7. The molecule has 0 aliphatic rings. The van der Waals surface area contributed by atoms with Gasteiger partial charge in [-0.2, -0.15) is 11.8 Å². The fourth-order valence-electron chi connectivity index (χ4n) is 0.469. The maximum Gasteiger partial charge on any atom is 0.120 e. The second-order valence-corrected chi connectivity index (χ2v) is 3.47. The summed E-state index contributed by atoms with van der Waals surface area (Å²) in [4.78, 5) is 9.86. The Morgan fingerprint density at radius 2 is 2.40 bits per heavy atom. The third-order valence-corrected chi connectivity index (χ3v) is 2.42. The lowest BCUT2D eigenvalue weighted by Gasteiger charge is -2.04. The van der Waals surface area contributed by atoms with E-state index >= 15 is 0 Å². The Balaban J connectivity index is 2.95. The molecule has 1 unspecified atom stereocenters. The molecule has 0 aromatic rings. The molecular formula is C7H14O2S. The van der Waals surface area contributed by atoms with E-state index in [1.807, 2.05) is 6.92 Å². The van der Waals surface area contributed by atoms with Crippen molar-refractivity contribution in [2.75, 3.05) is 18.1 Å². The number of aldehydes is 1. The molecule has 10 heavy (non-hydrogen) atoms. The summed E-state index contributed by atoms with van der Waals surface area (Å²) in [6, 6.07) is 0. The Labute approximate surface area is 66.0 Å². The van der Waals surface area contributed by atoms with Crippen LogP contribution in [0, 0.1) is 5.92 Å². The van der Waals surface area contributed by atoms with E-state index in [-0.39, 0.29) is 6.61 Å². The molecule has 0 heterocycles. The van der Waals surface area contributed by atoms with Gasteiger partial charge in [0.15, 0.2) is 0 Å². The Morgan fingerprint density at radius 1 is 1.70 bits per heavy atom. The van der Waals surface area contributed by atoms with Crippen molar-refractivity contribution in [1.29, 1.82) is 0 Å². The molecule has 1 N–H and O–H groups in total. The first-order chi connectivity index (χ1) is 4.81. The van der Waals surface area contributed by atoms with Crippen molar-refractivity contribution in [1.82, 2.24) is 0 Å². The molecule has 2 nitrogen and oxygen atoms in total. The lowest BCUT2D eigenvalue weighted by atomic mass is 10.2. The molecule has 0 amide bonds. The summed E-state index contributed by atoms with van der Waals surface area (Å²) >= 11 is 1.72. The molecule has 0 spiro atoms. The van der Waals surface area contributed by atoms with Crippen LogP contribution in [0.1, 0.15) is 13.3 Å². The van der Waals surface area contributed by atoms with Gasteiger partial charge < -0.3 is 9.90 Å². The van der Waals surface area contributed by atoms with Crippen molar-refractivity contribution in [2.24, 2.45) is 5.92 Å². The van der Waals surface area contributed by atoms with Crippen LogP contribution in [0.25, 0.3) is 0 Å². The smallest absolute Gasteiger partial charge is 0.120 e. The van der Waals surface area contributed by atoms with E-state index in [1.165, 1.54) is 0 Å². The minimum absolute atomic E-state index is 0.244. The number of aliphatic hydroxyl groups excluding tert-OH is 1. The maximum absolute atomic E-state index is 9.86. The van der Waals surface area contributed by atoms with Crippen LogP contribution in [-0.2, 0) is 4.79 Å². The normalized spacial score (nSPS) is 13.0. The molecule has 0 saturated heterocycles. The van der Waals surface area contributed by atoms with E-state index in [0.29, 0.717) is 12.3 Å². The molecule has 0 rings (SSSR count). The summed E-state index contributed by atoms with van der Waals surface area (Å²) in [7, 11) is 0. The molecule has 0 saturated carbocycles. The Morgan fingerprint density at radius 3 is 2.90 bits per heavy atom. The zero-order valence-corrected chi connectivity index (χ0v) is 7.06. The predicted molar refractivity (Wildman–Crippen MR) is 44.3 cm³/mol. The molecule has 0 aromatic heterocycles. The highest BCUT2D eigenvalue weighted by atomic mass is 32.2. The lowest BCUT2D eigenvalue weighted by molar-refractivity contribution is -0.107. The van der Waals surface area contributed by atoms with Gasteiger partial charge in [0.1, 0.15) is 6.29 Å². The van der Waals surface area contributed by atoms with Crippen molar-refractivity contribution in [3.05, 3.63) is 0 Å². The van der Waals surface area contributed by atoms with Crippen molar-refractivity contribution < 1.29 is 9.90 Å². The molecule has 0 aromatic carbocycles. The standard InChI is InChI=1S/C7H14O2S/c1-7(5-9)6-10-4-2-3-8/h3,7,9H,2,4-6H2,1H3. The van der Waals surface area contributed by atoms with E-state index in [1.54, 1.807) is 11.8 Å². The van der Waals surface area contributed by atoms with Crippen LogP contribution >= 0.6 is 11.8 Å². The summed E-state index contributed by atoms with van der Waals surface area (Å²) in [6.07, 6.45) is 1.55. The van der Waals surface area contributed by atoms with Gasteiger partial charge in [0.05, 0.1) is 0 Å². The Kier molecular flexibility index (Phi) is 7.08. The first kappa shape index (κ1) is 9.98. The summed E-state index contributed by atoms with van der Waals surface area (Å²) < 4.78 is 0. The number of thioether (sulfide) groups is 1. The van der Waals surface area contributed by atoms with Crippen molar-refractivity contribution in [3.8, 4) is 0 Å². The van der Waals surface area contributed by atoms with Crippen molar-refractivity contribution in [2.45, 2.75) is 13.3 Å². The van der Waals surface area contributed by atoms with Crippen LogP contribution < -0.4 is 0 Å². The zero-order chi connectivity index (χ0) is 7.82. The maximum atomic E-state index is 9.86. The number of aliphatic hydroxyl groups is 1. The summed E-state index contributed by atoms with van der Waals surface area (Å²) in [6.45, 7) is 2.24. The molecule has 3 heteroatoms. The largest absolute Gasteiger partial charge is 0.396 e. The molecular weight excluding hydrogens is 148 g/mol. The predicted octanol–water partition coefficient (Wildman–Crippen LogP) is 0.937. The number of rotatable bonds is 6. The van der Waals surface area contributed by atoms with Gasteiger partial charge in [-0.05, 0) is 17.4 Å². The van der Waals surface area contributed by atoms with Crippen LogP contribution in [0.4, 0.5) is 0 Å². The van der Waals surface area contributed by atoms with Crippen LogP contribution in [0.5, 0.6) is 0 Å². The zero-order valence-electron chi connectivity index (χ0n) is 6.25. The second-order valence-electron chi connectivity index (χ2n) is 2.32. The fraction of sp³-hybridized carbons (Fsp3) is 0.857. The van der Waals surface area contributed by atoms with Gasteiger partial charge in [-0.3, -0.25) is 0 Å². The van der Waals surface area contributed by atoms with E-state index in [9.17, 15) is 4.79 Å². The van der Waals surface area contributed by atoms with Gasteiger partial charge in [-0.1, -0.05) is 6.92 Å². The molecule has 0 aliphatic carbocycles. The summed E-state index contributed by atoms with van der Waals surface area (Å²) in [5.74, 6) is 2.19. The number of carbonyl (C=O) groups is 1. The van der Waals surface area contributed by atoms with Crippen molar-refractivity contribution >= 4 is 18.0 Å². The van der Waals surface area contributed by atoms with E-state index < -0.39 is 0 Å². The fourth-order valence-corrected chi connectivity index (χ4v) is 1.41. The monoisotopic (exact) mass is 162 g/mol. The Hall–Kier alpha value is -0.0200. The summed E-state index contributed by atoms with van der Waals surface area (Å²) in [5, 5.41) is 8.61. The third kappa shape index (κ3) is 6.11. The average molecular weight is 162 g/mol. The molecule has 1 atom stereocenters. The van der Waals surface area contributed by atoms with Gasteiger partial charge >= 0.3 is 0 Å². The van der Waals surface area contributed by atoms with E-state index in [2.05, 4.69) is 0 Å². The second kappa shape index (κ2) is 7.09. The molecule has 0 fully saturated rings. The topological polar surface area (TPSA) is 37.3 Å². The summed E-state index contributed by atoms with van der Waals surface area (Å²) in [5.41, 5.74) is 0. The van der Waals surface area contributed by atoms with Crippen molar-refractivity contribution in [3.63, 3.8) is 0 Å². The minimum Gasteiger partial charge on any atom is -0.396 e. The molecule has 0 bridgehead atoms. The minimum atomic E-state index is 0.244. The van der Waals surface area contributed by atoms with Gasteiger partial charge in [0.25, 0.3) is 0 Å². The lowest BCUT2D eigenvalue weighted by Crippen LogP contribution is -2.03.